The van der Waals surface area contributed by atoms with Gasteiger partial charge in [-0.15, -0.1) is 11.8 Å². The van der Waals surface area contributed by atoms with Crippen molar-refractivity contribution in [3.05, 3.63) is 63.9 Å². The fourth-order valence-corrected chi connectivity index (χ4v) is 5.03. The van der Waals surface area contributed by atoms with Gasteiger partial charge in [0.1, 0.15) is 6.10 Å². The molecule has 5 nitrogen and oxygen atoms in total. The minimum absolute atomic E-state index is 0.195. The van der Waals surface area contributed by atoms with E-state index in [1.54, 1.807) is 37.3 Å². The van der Waals surface area contributed by atoms with Crippen LogP contribution in [-0.4, -0.2) is 57.2 Å². The molecule has 0 radical (unpaired) electrons. The van der Waals surface area contributed by atoms with E-state index in [9.17, 15) is 24.8 Å². The number of rotatable bonds is 6. The summed E-state index contributed by atoms with van der Waals surface area (Å²) in [4.78, 5) is 0. The third kappa shape index (κ3) is 4.87. The Morgan fingerprint density at radius 1 is 1.07 bits per heavy atom. The summed E-state index contributed by atoms with van der Waals surface area (Å²) in [6.07, 6.45) is -3.40. The second kappa shape index (κ2) is 9.64. The SMILES string of the molecule is CCOc1ccc(Cc2cc([C@@H]3S[C@H](CO)[C@@H](O)[C@H](O)[C@H]3O)ccc2Cl)cc1F. The topological polar surface area (TPSA) is 90.2 Å². The van der Waals surface area contributed by atoms with Gasteiger partial charge in [0, 0.05) is 5.02 Å². The molecule has 29 heavy (non-hydrogen) atoms. The van der Waals surface area contributed by atoms with Crippen LogP contribution in [-0.2, 0) is 6.42 Å². The van der Waals surface area contributed by atoms with Crippen LogP contribution in [0.15, 0.2) is 36.4 Å². The first kappa shape index (κ1) is 22.3. The van der Waals surface area contributed by atoms with Crippen molar-refractivity contribution in [1.82, 2.24) is 0 Å². The van der Waals surface area contributed by atoms with E-state index in [1.807, 2.05) is 0 Å². The Hall–Kier alpha value is -1.35. The number of ether oxygens (including phenoxy) is 1. The van der Waals surface area contributed by atoms with Crippen molar-refractivity contribution in [3.8, 4) is 5.75 Å². The van der Waals surface area contributed by atoms with Gasteiger partial charge in [0.15, 0.2) is 11.6 Å². The standard InChI is InChI=1S/C21H24ClFO5S/c1-2-28-16-6-3-11(8-15(16)23)7-13-9-12(4-5-14(13)22)21-20(27)19(26)18(25)17(10-24)29-21/h3-6,8-9,17-21,24-27H,2,7,10H2,1H3/t17-,18-,19+,20-,21+/m1/s1. The summed E-state index contributed by atoms with van der Waals surface area (Å²) in [5.41, 5.74) is 2.16. The molecule has 1 aliphatic heterocycles. The van der Waals surface area contributed by atoms with Crippen LogP contribution in [0, 0.1) is 5.82 Å². The molecule has 2 aromatic carbocycles. The van der Waals surface area contributed by atoms with E-state index in [-0.39, 0.29) is 12.4 Å². The maximum atomic E-state index is 14.2. The van der Waals surface area contributed by atoms with Gasteiger partial charge in [-0.2, -0.15) is 0 Å². The molecule has 0 amide bonds. The molecule has 5 atom stereocenters. The zero-order valence-electron chi connectivity index (χ0n) is 15.8. The number of hydrogen-bond acceptors (Lipinski definition) is 6. The van der Waals surface area contributed by atoms with Crippen LogP contribution >= 0.6 is 23.4 Å². The van der Waals surface area contributed by atoms with Crippen LogP contribution in [0.25, 0.3) is 0 Å². The van der Waals surface area contributed by atoms with Gasteiger partial charge in [-0.05, 0) is 48.2 Å². The fraction of sp³-hybridized carbons (Fsp3) is 0.429. The number of benzene rings is 2. The lowest BCUT2D eigenvalue weighted by molar-refractivity contribution is -0.0700. The molecule has 4 N–H and O–H groups in total. The summed E-state index contributed by atoms with van der Waals surface area (Å²) in [6, 6.07) is 9.98. The molecule has 0 bridgehead atoms. The van der Waals surface area contributed by atoms with Crippen molar-refractivity contribution >= 4 is 23.4 Å². The van der Waals surface area contributed by atoms with E-state index in [4.69, 9.17) is 16.3 Å². The van der Waals surface area contributed by atoms with E-state index in [0.29, 0.717) is 29.2 Å². The molecule has 3 rings (SSSR count). The highest BCUT2D eigenvalue weighted by Crippen LogP contribution is 2.43. The average molecular weight is 443 g/mol. The predicted molar refractivity (Wildman–Crippen MR) is 111 cm³/mol. The maximum Gasteiger partial charge on any atom is 0.165 e. The summed E-state index contributed by atoms with van der Waals surface area (Å²) in [6.45, 7) is 1.84. The average Bonchev–Trinajstić information content (AvgIpc) is 2.70. The molecular formula is C21H24ClFO5S. The highest BCUT2D eigenvalue weighted by molar-refractivity contribution is 8.00. The molecule has 1 aliphatic rings. The maximum absolute atomic E-state index is 14.2. The first-order valence-corrected chi connectivity index (χ1v) is 10.7. The number of thioether (sulfide) groups is 1. The highest BCUT2D eigenvalue weighted by atomic mass is 35.5. The number of hydrogen-bond donors (Lipinski definition) is 4. The lowest BCUT2D eigenvalue weighted by Crippen LogP contribution is -2.51. The van der Waals surface area contributed by atoms with Crippen LogP contribution in [0.4, 0.5) is 4.39 Å². The van der Waals surface area contributed by atoms with E-state index >= 15 is 0 Å². The zero-order valence-corrected chi connectivity index (χ0v) is 17.4. The molecule has 1 saturated heterocycles. The molecule has 0 unspecified atom stereocenters. The predicted octanol–water partition coefficient (Wildman–Crippen LogP) is 2.70. The third-order valence-corrected chi connectivity index (χ3v) is 6.97. The monoisotopic (exact) mass is 442 g/mol. The van der Waals surface area contributed by atoms with Gasteiger partial charge in [-0.3, -0.25) is 0 Å². The molecule has 158 valence electrons. The van der Waals surface area contributed by atoms with E-state index < -0.39 is 34.6 Å². The van der Waals surface area contributed by atoms with Gasteiger partial charge in [0.2, 0.25) is 0 Å². The summed E-state index contributed by atoms with van der Waals surface area (Å²) >= 11 is 7.54. The molecule has 0 spiro atoms. The van der Waals surface area contributed by atoms with Crippen molar-refractivity contribution in [2.24, 2.45) is 0 Å². The lowest BCUT2D eigenvalue weighted by Gasteiger charge is -2.39. The third-order valence-electron chi connectivity index (χ3n) is 4.98. The van der Waals surface area contributed by atoms with Crippen LogP contribution in [0.5, 0.6) is 5.75 Å². The van der Waals surface area contributed by atoms with Crippen molar-refractivity contribution in [2.75, 3.05) is 13.2 Å². The van der Waals surface area contributed by atoms with Gasteiger partial charge in [0.25, 0.3) is 0 Å². The van der Waals surface area contributed by atoms with E-state index in [1.165, 1.54) is 17.8 Å². The normalized spacial score (nSPS) is 27.1. The van der Waals surface area contributed by atoms with Gasteiger partial charge in [-0.25, -0.2) is 4.39 Å². The smallest absolute Gasteiger partial charge is 0.165 e. The minimum Gasteiger partial charge on any atom is -0.491 e. The van der Waals surface area contributed by atoms with Crippen molar-refractivity contribution in [3.63, 3.8) is 0 Å². The Kier molecular flexibility index (Phi) is 7.42. The number of aliphatic hydroxyl groups is 4. The Bertz CT molecular complexity index is 850. The fourth-order valence-electron chi connectivity index (χ4n) is 3.43. The van der Waals surface area contributed by atoms with E-state index in [2.05, 4.69) is 0 Å². The van der Waals surface area contributed by atoms with Crippen LogP contribution < -0.4 is 4.74 Å². The number of halogens is 2. The Labute approximate surface area is 178 Å². The highest BCUT2D eigenvalue weighted by Gasteiger charge is 2.43. The Morgan fingerprint density at radius 3 is 2.48 bits per heavy atom. The van der Waals surface area contributed by atoms with E-state index in [0.717, 1.165) is 5.56 Å². The molecule has 1 fully saturated rings. The van der Waals surface area contributed by atoms with Crippen molar-refractivity contribution in [1.29, 1.82) is 0 Å². The quantitative estimate of drug-likeness (QED) is 0.550. The zero-order chi connectivity index (χ0) is 21.1. The Morgan fingerprint density at radius 2 is 1.83 bits per heavy atom. The van der Waals surface area contributed by atoms with Crippen LogP contribution in [0.2, 0.25) is 5.02 Å². The van der Waals surface area contributed by atoms with Crippen LogP contribution in [0.3, 0.4) is 0 Å². The first-order valence-electron chi connectivity index (χ1n) is 9.35. The van der Waals surface area contributed by atoms with Crippen LogP contribution in [0.1, 0.15) is 28.9 Å². The second-order valence-electron chi connectivity index (χ2n) is 6.97. The van der Waals surface area contributed by atoms with Gasteiger partial charge < -0.3 is 25.2 Å². The molecule has 1 heterocycles. The minimum atomic E-state index is -1.36. The van der Waals surface area contributed by atoms with Crippen molar-refractivity contribution < 1.29 is 29.6 Å². The summed E-state index contributed by atoms with van der Waals surface area (Å²) in [5.74, 6) is -0.252. The largest absolute Gasteiger partial charge is 0.491 e. The molecule has 0 aromatic heterocycles. The van der Waals surface area contributed by atoms with Gasteiger partial charge >= 0.3 is 0 Å². The molecule has 0 aliphatic carbocycles. The molecule has 8 heteroatoms. The molecule has 0 saturated carbocycles. The van der Waals surface area contributed by atoms with Gasteiger partial charge in [-0.1, -0.05) is 29.8 Å². The Balaban J connectivity index is 1.85. The second-order valence-corrected chi connectivity index (χ2v) is 8.77. The lowest BCUT2D eigenvalue weighted by atomic mass is 9.95. The summed E-state index contributed by atoms with van der Waals surface area (Å²) < 4.78 is 19.4. The van der Waals surface area contributed by atoms with Crippen molar-refractivity contribution in [2.45, 2.75) is 42.2 Å². The molecule has 2 aromatic rings. The molecular weight excluding hydrogens is 419 g/mol. The number of aliphatic hydroxyl groups excluding tert-OH is 4. The summed E-state index contributed by atoms with van der Waals surface area (Å²) in [5, 5.41) is 39.4. The summed E-state index contributed by atoms with van der Waals surface area (Å²) in [7, 11) is 0. The van der Waals surface area contributed by atoms with Gasteiger partial charge in [0.05, 0.1) is 35.9 Å². The first-order chi connectivity index (χ1) is 13.8.